The minimum Gasteiger partial charge on any atom is -0.368 e. The van der Waals surface area contributed by atoms with Gasteiger partial charge in [-0.05, 0) is 32.6 Å². The van der Waals surface area contributed by atoms with E-state index in [-0.39, 0.29) is 5.95 Å². The molecule has 0 amide bonds. The number of hydrogen-bond donors (Lipinski definition) is 2. The lowest BCUT2D eigenvalue weighted by atomic mass is 10.4. The van der Waals surface area contributed by atoms with E-state index in [4.69, 9.17) is 5.73 Å². The van der Waals surface area contributed by atoms with Crippen molar-refractivity contribution in [2.45, 2.75) is 26.7 Å². The highest BCUT2D eigenvalue weighted by Gasteiger charge is 2.21. The zero-order valence-corrected chi connectivity index (χ0v) is 10.5. The minimum atomic E-state index is 0.278. The van der Waals surface area contributed by atoms with Crippen LogP contribution in [0.25, 0.3) is 0 Å². The number of rotatable bonds is 6. The third-order valence-corrected chi connectivity index (χ3v) is 2.93. The van der Waals surface area contributed by atoms with Crippen LogP contribution in [0, 0.1) is 5.92 Å². The molecule has 1 aromatic heterocycles. The Labute approximate surface area is 102 Å². The summed E-state index contributed by atoms with van der Waals surface area (Å²) in [4.78, 5) is 14.7. The number of hydrogen-bond acceptors (Lipinski definition) is 6. The van der Waals surface area contributed by atoms with Gasteiger partial charge in [0.15, 0.2) is 0 Å². The van der Waals surface area contributed by atoms with Crippen LogP contribution >= 0.6 is 0 Å². The van der Waals surface area contributed by atoms with Crippen LogP contribution in [0.3, 0.4) is 0 Å². The quantitative estimate of drug-likeness (QED) is 0.770. The molecule has 0 atom stereocenters. The molecule has 6 nitrogen and oxygen atoms in total. The van der Waals surface area contributed by atoms with Crippen molar-refractivity contribution in [3.05, 3.63) is 0 Å². The van der Waals surface area contributed by atoms with E-state index in [1.807, 2.05) is 0 Å². The first-order chi connectivity index (χ1) is 8.22. The van der Waals surface area contributed by atoms with Gasteiger partial charge in [0.05, 0.1) is 0 Å². The molecule has 0 aliphatic heterocycles. The highest BCUT2D eigenvalue weighted by molar-refractivity contribution is 5.41. The van der Waals surface area contributed by atoms with Gasteiger partial charge in [0.25, 0.3) is 0 Å². The van der Waals surface area contributed by atoms with Gasteiger partial charge in [0.2, 0.25) is 17.8 Å². The summed E-state index contributed by atoms with van der Waals surface area (Å²) in [5.74, 6) is 2.30. The predicted molar refractivity (Wildman–Crippen MR) is 69.0 cm³/mol. The fourth-order valence-corrected chi connectivity index (χ4v) is 1.67. The van der Waals surface area contributed by atoms with Crippen LogP contribution in [-0.4, -0.2) is 34.6 Å². The van der Waals surface area contributed by atoms with Gasteiger partial charge in [-0.25, -0.2) is 0 Å². The van der Waals surface area contributed by atoms with Crippen LogP contribution in [0.4, 0.5) is 17.8 Å². The minimum absolute atomic E-state index is 0.278. The van der Waals surface area contributed by atoms with E-state index in [1.54, 1.807) is 0 Å². The Morgan fingerprint density at radius 3 is 2.53 bits per heavy atom. The molecule has 1 aromatic rings. The first-order valence-corrected chi connectivity index (χ1v) is 6.23. The Hall–Kier alpha value is -1.59. The number of nitrogens with zero attached hydrogens (tertiary/aromatic N) is 4. The van der Waals surface area contributed by atoms with Gasteiger partial charge in [0, 0.05) is 19.6 Å². The molecule has 0 aromatic carbocycles. The average Bonchev–Trinajstić information content (AvgIpc) is 3.11. The molecule has 0 saturated heterocycles. The van der Waals surface area contributed by atoms with Gasteiger partial charge in [-0.3, -0.25) is 0 Å². The zero-order valence-electron chi connectivity index (χ0n) is 10.5. The molecule has 0 unspecified atom stereocenters. The van der Waals surface area contributed by atoms with Gasteiger partial charge >= 0.3 is 0 Å². The van der Waals surface area contributed by atoms with Crippen molar-refractivity contribution in [1.82, 2.24) is 15.0 Å². The second kappa shape index (κ2) is 5.16. The standard InChI is InChI=1S/C11H20N6/c1-3-17(4-2)11-15-9(12)14-10(16-11)13-7-8-5-6-8/h8H,3-7H2,1-2H3,(H3,12,13,14,15,16). The molecular formula is C11H20N6. The zero-order chi connectivity index (χ0) is 12.3. The smallest absolute Gasteiger partial charge is 0.231 e. The number of nitrogens with two attached hydrogens (primary N) is 1. The normalized spacial score (nSPS) is 14.7. The SMILES string of the molecule is CCN(CC)c1nc(N)nc(NCC2CC2)n1. The molecule has 1 saturated carbocycles. The van der Waals surface area contributed by atoms with Crippen molar-refractivity contribution in [3.8, 4) is 0 Å². The van der Waals surface area contributed by atoms with Crippen molar-refractivity contribution in [2.75, 3.05) is 35.6 Å². The maximum Gasteiger partial charge on any atom is 0.231 e. The molecule has 6 heteroatoms. The summed E-state index contributed by atoms with van der Waals surface area (Å²) in [5, 5.41) is 3.22. The number of anilines is 3. The molecule has 17 heavy (non-hydrogen) atoms. The molecule has 0 bridgehead atoms. The largest absolute Gasteiger partial charge is 0.368 e. The summed E-state index contributed by atoms with van der Waals surface area (Å²) in [7, 11) is 0. The van der Waals surface area contributed by atoms with Crippen molar-refractivity contribution < 1.29 is 0 Å². The van der Waals surface area contributed by atoms with Gasteiger partial charge in [-0.15, -0.1) is 0 Å². The lowest BCUT2D eigenvalue weighted by Crippen LogP contribution is -2.25. The summed E-state index contributed by atoms with van der Waals surface area (Å²) < 4.78 is 0. The Balaban J connectivity index is 2.09. The lowest BCUT2D eigenvalue weighted by molar-refractivity contribution is 0.808. The Morgan fingerprint density at radius 1 is 1.24 bits per heavy atom. The molecule has 1 heterocycles. The maximum absolute atomic E-state index is 5.70. The maximum atomic E-state index is 5.70. The average molecular weight is 236 g/mol. The molecule has 2 rings (SSSR count). The van der Waals surface area contributed by atoms with Crippen molar-refractivity contribution in [3.63, 3.8) is 0 Å². The fourth-order valence-electron chi connectivity index (χ4n) is 1.67. The summed E-state index contributed by atoms with van der Waals surface area (Å²) in [6.45, 7) is 6.80. The first kappa shape index (κ1) is 11.9. The molecular weight excluding hydrogens is 216 g/mol. The van der Waals surface area contributed by atoms with Crippen LogP contribution in [0.5, 0.6) is 0 Å². The van der Waals surface area contributed by atoms with Crippen LogP contribution in [0.15, 0.2) is 0 Å². The van der Waals surface area contributed by atoms with Crippen LogP contribution in [0.2, 0.25) is 0 Å². The second-order valence-electron chi connectivity index (χ2n) is 4.31. The Bertz CT molecular complexity index is 372. The second-order valence-corrected chi connectivity index (χ2v) is 4.31. The van der Waals surface area contributed by atoms with E-state index < -0.39 is 0 Å². The molecule has 0 radical (unpaired) electrons. The van der Waals surface area contributed by atoms with Crippen molar-refractivity contribution >= 4 is 17.8 Å². The summed E-state index contributed by atoms with van der Waals surface area (Å²) >= 11 is 0. The Morgan fingerprint density at radius 2 is 1.94 bits per heavy atom. The van der Waals surface area contributed by atoms with E-state index >= 15 is 0 Å². The first-order valence-electron chi connectivity index (χ1n) is 6.23. The molecule has 1 fully saturated rings. The number of aromatic nitrogens is 3. The predicted octanol–water partition coefficient (Wildman–Crippen LogP) is 1.12. The van der Waals surface area contributed by atoms with Gasteiger partial charge in [0.1, 0.15) is 0 Å². The third-order valence-electron chi connectivity index (χ3n) is 2.93. The van der Waals surface area contributed by atoms with Gasteiger partial charge < -0.3 is 16.0 Å². The molecule has 0 spiro atoms. The van der Waals surface area contributed by atoms with Crippen molar-refractivity contribution in [1.29, 1.82) is 0 Å². The fraction of sp³-hybridized carbons (Fsp3) is 0.727. The number of nitrogens with one attached hydrogen (secondary N) is 1. The lowest BCUT2D eigenvalue weighted by Gasteiger charge is -2.18. The molecule has 1 aliphatic rings. The topological polar surface area (TPSA) is 80.0 Å². The van der Waals surface area contributed by atoms with E-state index in [2.05, 4.69) is 39.0 Å². The highest BCUT2D eigenvalue weighted by Crippen LogP contribution is 2.28. The highest BCUT2D eigenvalue weighted by atomic mass is 15.3. The van der Waals surface area contributed by atoms with Crippen LogP contribution in [-0.2, 0) is 0 Å². The van der Waals surface area contributed by atoms with E-state index in [0.717, 1.165) is 25.6 Å². The van der Waals surface area contributed by atoms with Crippen LogP contribution < -0.4 is 16.0 Å². The monoisotopic (exact) mass is 236 g/mol. The summed E-state index contributed by atoms with van der Waals surface area (Å²) in [6, 6.07) is 0. The van der Waals surface area contributed by atoms with E-state index in [1.165, 1.54) is 12.8 Å². The molecule has 94 valence electrons. The Kier molecular flexibility index (Phi) is 3.61. The summed E-state index contributed by atoms with van der Waals surface area (Å²) in [6.07, 6.45) is 2.60. The van der Waals surface area contributed by atoms with Crippen molar-refractivity contribution in [2.24, 2.45) is 5.92 Å². The summed E-state index contributed by atoms with van der Waals surface area (Å²) in [5.41, 5.74) is 5.70. The molecule has 3 N–H and O–H groups in total. The third kappa shape index (κ3) is 3.18. The van der Waals surface area contributed by atoms with Gasteiger partial charge in [-0.2, -0.15) is 15.0 Å². The van der Waals surface area contributed by atoms with Crippen LogP contribution in [0.1, 0.15) is 26.7 Å². The number of nitrogen functional groups attached to an aromatic ring is 1. The van der Waals surface area contributed by atoms with E-state index in [9.17, 15) is 0 Å². The molecule has 1 aliphatic carbocycles. The van der Waals surface area contributed by atoms with Gasteiger partial charge in [-0.1, -0.05) is 0 Å². The van der Waals surface area contributed by atoms with E-state index in [0.29, 0.717) is 11.9 Å².